The highest BCUT2D eigenvalue weighted by molar-refractivity contribution is 5.87. The Kier molecular flexibility index (Phi) is 4.06. The van der Waals surface area contributed by atoms with Crippen LogP contribution in [0.3, 0.4) is 0 Å². The van der Waals surface area contributed by atoms with Gasteiger partial charge in [0.25, 0.3) is 0 Å². The lowest BCUT2D eigenvalue weighted by Gasteiger charge is -2.30. The summed E-state index contributed by atoms with van der Waals surface area (Å²) < 4.78 is 11.6. The van der Waals surface area contributed by atoms with Crippen LogP contribution in [0.15, 0.2) is 15.3 Å². The van der Waals surface area contributed by atoms with Gasteiger partial charge in [-0.15, -0.1) is 0 Å². The molecular formula is C19H23NO4. The van der Waals surface area contributed by atoms with E-state index in [2.05, 4.69) is 11.0 Å². The molecule has 0 saturated carbocycles. The molecule has 0 spiro atoms. The van der Waals surface area contributed by atoms with Crippen LogP contribution in [-0.4, -0.2) is 29.9 Å². The van der Waals surface area contributed by atoms with Crippen LogP contribution >= 0.6 is 0 Å². The lowest BCUT2D eigenvalue weighted by molar-refractivity contribution is 0.0878. The molecular weight excluding hydrogens is 306 g/mol. The van der Waals surface area contributed by atoms with Crippen molar-refractivity contribution in [2.45, 2.75) is 45.6 Å². The van der Waals surface area contributed by atoms with Crippen LogP contribution in [0.25, 0.3) is 11.0 Å². The van der Waals surface area contributed by atoms with Crippen LogP contribution in [0.5, 0.6) is 5.75 Å². The molecule has 5 nitrogen and oxygen atoms in total. The molecule has 0 fully saturated rings. The molecule has 24 heavy (non-hydrogen) atoms. The molecule has 0 amide bonds. The minimum absolute atomic E-state index is 0.180. The van der Waals surface area contributed by atoms with E-state index in [1.807, 2.05) is 6.92 Å². The number of fused-ring (bicyclic) bond motifs is 4. The molecule has 1 aliphatic heterocycles. The van der Waals surface area contributed by atoms with Gasteiger partial charge in [-0.1, -0.05) is 0 Å². The maximum absolute atomic E-state index is 12.3. The maximum atomic E-state index is 12.3. The van der Waals surface area contributed by atoms with Crippen LogP contribution in [0.4, 0.5) is 0 Å². The maximum Gasteiger partial charge on any atom is 0.339 e. The molecule has 0 saturated heterocycles. The normalized spacial score (nSPS) is 17.4. The molecule has 0 atom stereocenters. The van der Waals surface area contributed by atoms with Crippen molar-refractivity contribution < 1.29 is 14.3 Å². The Labute approximate surface area is 140 Å². The molecule has 128 valence electrons. The number of rotatable bonds is 3. The second-order valence-corrected chi connectivity index (χ2v) is 6.82. The minimum Gasteiger partial charge on any atom is -0.477 e. The van der Waals surface area contributed by atoms with Crippen LogP contribution in [-0.2, 0) is 19.4 Å². The predicted molar refractivity (Wildman–Crippen MR) is 91.5 cm³/mol. The largest absolute Gasteiger partial charge is 0.477 e. The second kappa shape index (κ2) is 6.22. The van der Waals surface area contributed by atoms with Gasteiger partial charge in [0.2, 0.25) is 0 Å². The van der Waals surface area contributed by atoms with Crippen molar-refractivity contribution in [2.24, 2.45) is 0 Å². The summed E-state index contributed by atoms with van der Waals surface area (Å²) >= 11 is 0. The summed E-state index contributed by atoms with van der Waals surface area (Å²) in [5.41, 5.74) is 4.61. The quantitative estimate of drug-likeness (QED) is 0.877. The number of benzene rings is 1. The number of nitrogens with zero attached hydrogens (tertiary/aromatic N) is 1. The Bertz CT molecular complexity index is 840. The Morgan fingerprint density at radius 3 is 2.83 bits per heavy atom. The number of aliphatic hydroxyl groups excluding tert-OH is 1. The van der Waals surface area contributed by atoms with E-state index in [9.17, 15) is 4.79 Å². The van der Waals surface area contributed by atoms with Gasteiger partial charge < -0.3 is 14.3 Å². The van der Waals surface area contributed by atoms with E-state index in [4.69, 9.17) is 14.3 Å². The summed E-state index contributed by atoms with van der Waals surface area (Å²) in [7, 11) is 0. The third kappa shape index (κ3) is 2.52. The van der Waals surface area contributed by atoms with Crippen LogP contribution in [0, 0.1) is 6.92 Å². The van der Waals surface area contributed by atoms with E-state index in [0.29, 0.717) is 12.3 Å². The first-order valence-corrected chi connectivity index (χ1v) is 8.76. The second-order valence-electron chi connectivity index (χ2n) is 6.82. The fourth-order valence-electron chi connectivity index (χ4n) is 3.99. The van der Waals surface area contributed by atoms with E-state index in [-0.39, 0.29) is 12.2 Å². The van der Waals surface area contributed by atoms with Gasteiger partial charge in [0, 0.05) is 41.8 Å². The standard InChI is InChI=1S/C19H23NO4/c1-12-17-13(10-20(11-23-17)7-4-8-21)9-16-14-5-2-3-6-15(14)19(22)24-18(12)16/h9,21H,2-8,10-11H2,1H3. The van der Waals surface area contributed by atoms with Crippen molar-refractivity contribution in [2.75, 3.05) is 19.9 Å². The van der Waals surface area contributed by atoms with Crippen LogP contribution in [0.1, 0.15) is 41.5 Å². The molecule has 4 rings (SSSR count). The van der Waals surface area contributed by atoms with Gasteiger partial charge in [-0.3, -0.25) is 4.90 Å². The Hall–Kier alpha value is -1.85. The van der Waals surface area contributed by atoms with Gasteiger partial charge >= 0.3 is 5.63 Å². The molecule has 2 aliphatic rings. The highest BCUT2D eigenvalue weighted by Gasteiger charge is 2.25. The molecule has 5 heteroatoms. The molecule has 0 radical (unpaired) electrons. The van der Waals surface area contributed by atoms with Crippen molar-refractivity contribution in [3.05, 3.63) is 38.7 Å². The average molecular weight is 329 g/mol. The van der Waals surface area contributed by atoms with Gasteiger partial charge in [0.15, 0.2) is 0 Å². The summed E-state index contributed by atoms with van der Waals surface area (Å²) in [5, 5.41) is 10.1. The smallest absolute Gasteiger partial charge is 0.339 e. The third-order valence-corrected chi connectivity index (χ3v) is 5.19. The average Bonchev–Trinajstić information content (AvgIpc) is 2.61. The molecule has 1 aromatic heterocycles. The zero-order chi connectivity index (χ0) is 16.7. The fourth-order valence-corrected chi connectivity index (χ4v) is 3.99. The van der Waals surface area contributed by atoms with Crippen molar-refractivity contribution in [3.63, 3.8) is 0 Å². The van der Waals surface area contributed by atoms with Gasteiger partial charge in [0.05, 0.1) is 0 Å². The predicted octanol–water partition coefficient (Wildman–Crippen LogP) is 2.51. The fraction of sp³-hybridized carbons (Fsp3) is 0.526. The van der Waals surface area contributed by atoms with Crippen LogP contribution in [0.2, 0.25) is 0 Å². The number of aryl methyl sites for hydroxylation is 2. The lowest BCUT2D eigenvalue weighted by Crippen LogP contribution is -2.33. The van der Waals surface area contributed by atoms with E-state index in [0.717, 1.165) is 73.0 Å². The van der Waals surface area contributed by atoms with Crippen molar-refractivity contribution in [1.82, 2.24) is 4.90 Å². The first-order chi connectivity index (χ1) is 11.7. The summed E-state index contributed by atoms with van der Waals surface area (Å²) in [6, 6.07) is 2.15. The van der Waals surface area contributed by atoms with Gasteiger partial charge in [-0.05, 0) is 50.7 Å². The highest BCUT2D eigenvalue weighted by atomic mass is 16.5. The zero-order valence-corrected chi connectivity index (χ0v) is 14.1. The highest BCUT2D eigenvalue weighted by Crippen LogP contribution is 2.37. The summed E-state index contributed by atoms with van der Waals surface area (Å²) in [6.45, 7) is 4.30. The van der Waals surface area contributed by atoms with Crippen molar-refractivity contribution >= 4 is 11.0 Å². The number of aliphatic hydroxyl groups is 1. The SMILES string of the molecule is Cc1c2c(cc3c4c(c(=O)oc13)CCCC4)CN(CCCO)CO2. The van der Waals surface area contributed by atoms with Gasteiger partial charge in [0.1, 0.15) is 18.1 Å². The number of hydrogen-bond donors (Lipinski definition) is 1. The first-order valence-electron chi connectivity index (χ1n) is 8.76. The molecule has 1 aromatic carbocycles. The Morgan fingerprint density at radius 2 is 2.04 bits per heavy atom. The molecule has 0 unspecified atom stereocenters. The first kappa shape index (κ1) is 15.7. The Balaban J connectivity index is 1.84. The van der Waals surface area contributed by atoms with Gasteiger partial charge in [-0.25, -0.2) is 4.79 Å². The molecule has 0 bridgehead atoms. The van der Waals surface area contributed by atoms with Crippen LogP contribution < -0.4 is 10.4 Å². The van der Waals surface area contributed by atoms with E-state index < -0.39 is 0 Å². The summed E-state index contributed by atoms with van der Waals surface area (Å²) in [5.74, 6) is 0.849. The molecule has 2 heterocycles. The van der Waals surface area contributed by atoms with E-state index in [1.165, 1.54) is 5.56 Å². The van der Waals surface area contributed by atoms with E-state index >= 15 is 0 Å². The van der Waals surface area contributed by atoms with Gasteiger partial charge in [-0.2, -0.15) is 0 Å². The van der Waals surface area contributed by atoms with Crippen molar-refractivity contribution in [3.8, 4) is 5.75 Å². The molecule has 1 aliphatic carbocycles. The minimum atomic E-state index is -0.180. The zero-order valence-electron chi connectivity index (χ0n) is 14.1. The monoisotopic (exact) mass is 329 g/mol. The van der Waals surface area contributed by atoms with E-state index in [1.54, 1.807) is 0 Å². The Morgan fingerprint density at radius 1 is 1.25 bits per heavy atom. The number of ether oxygens (including phenoxy) is 1. The topological polar surface area (TPSA) is 62.9 Å². The molecule has 1 N–H and O–H groups in total. The lowest BCUT2D eigenvalue weighted by atomic mass is 9.89. The summed E-state index contributed by atoms with van der Waals surface area (Å²) in [4.78, 5) is 14.5. The number of hydrogen-bond acceptors (Lipinski definition) is 5. The summed E-state index contributed by atoms with van der Waals surface area (Å²) in [6.07, 6.45) is 4.70. The third-order valence-electron chi connectivity index (χ3n) is 5.19. The molecule has 2 aromatic rings. The van der Waals surface area contributed by atoms with Crippen molar-refractivity contribution in [1.29, 1.82) is 0 Å².